The van der Waals surface area contributed by atoms with E-state index in [1.165, 1.54) is 12.1 Å². The molecule has 0 saturated carbocycles. The highest BCUT2D eigenvalue weighted by molar-refractivity contribution is 5.61. The number of ether oxygens (including phenoxy) is 1. The van der Waals surface area contributed by atoms with Gasteiger partial charge in [-0.25, -0.2) is 0 Å². The number of benzene rings is 1. The van der Waals surface area contributed by atoms with Crippen molar-refractivity contribution >= 4 is 6.08 Å². The van der Waals surface area contributed by atoms with Crippen molar-refractivity contribution in [2.45, 2.75) is 44.4 Å². The number of alkyl halides is 5. The van der Waals surface area contributed by atoms with Crippen LogP contribution in [0, 0.1) is 0 Å². The van der Waals surface area contributed by atoms with E-state index in [9.17, 15) is 22.0 Å². The molecule has 1 atom stereocenters. The van der Waals surface area contributed by atoms with E-state index in [1.807, 2.05) is 20.8 Å². The van der Waals surface area contributed by atoms with Crippen LogP contribution in [-0.4, -0.2) is 18.2 Å². The van der Waals surface area contributed by atoms with Gasteiger partial charge in [0, 0.05) is 5.56 Å². The van der Waals surface area contributed by atoms with E-state index < -0.39 is 18.2 Å². The van der Waals surface area contributed by atoms with Gasteiger partial charge >= 0.3 is 12.1 Å². The van der Waals surface area contributed by atoms with Crippen LogP contribution in [0.4, 0.5) is 22.0 Å². The van der Waals surface area contributed by atoms with Crippen LogP contribution >= 0.6 is 0 Å². The normalized spacial score (nSPS) is 19.1. The number of hydrogen-bond donors (Lipinski definition) is 0. The third-order valence-corrected chi connectivity index (χ3v) is 3.32. The van der Waals surface area contributed by atoms with Crippen molar-refractivity contribution in [3.63, 3.8) is 0 Å². The largest absolute Gasteiger partial charge is 0.479 e. The summed E-state index contributed by atoms with van der Waals surface area (Å²) in [5, 5.41) is 0. The van der Waals surface area contributed by atoms with E-state index in [4.69, 9.17) is 4.74 Å². The maximum atomic E-state index is 13.3. The molecule has 1 aliphatic heterocycles. The van der Waals surface area contributed by atoms with Crippen LogP contribution in [0.15, 0.2) is 24.3 Å². The van der Waals surface area contributed by atoms with Crippen LogP contribution in [0.3, 0.4) is 0 Å². The first-order valence-corrected chi connectivity index (χ1v) is 6.37. The molecule has 0 radical (unpaired) electrons. The highest BCUT2D eigenvalue weighted by Gasteiger charge is 2.63. The Kier molecular flexibility index (Phi) is 3.54. The summed E-state index contributed by atoms with van der Waals surface area (Å²) in [4.78, 5) is 0. The lowest BCUT2D eigenvalue weighted by atomic mass is 9.86. The first-order valence-electron chi connectivity index (χ1n) is 6.37. The molecule has 1 heterocycles. The van der Waals surface area contributed by atoms with Crippen molar-refractivity contribution in [2.75, 3.05) is 0 Å². The van der Waals surface area contributed by atoms with Crippen molar-refractivity contribution in [2.24, 2.45) is 0 Å². The van der Waals surface area contributed by atoms with Crippen molar-refractivity contribution < 1.29 is 26.7 Å². The third kappa shape index (κ3) is 2.89. The molecule has 1 aromatic carbocycles. The fraction of sp³-hybridized carbons (Fsp3) is 0.467. The predicted molar refractivity (Wildman–Crippen MR) is 69.6 cm³/mol. The van der Waals surface area contributed by atoms with Gasteiger partial charge in [-0.1, -0.05) is 39.0 Å². The Morgan fingerprint density at radius 1 is 1.00 bits per heavy atom. The SMILES string of the molecule is CC(C)(C)c1ccc2c(c1)OC(C(F)(F)C(F)(F)F)C=C2. The summed E-state index contributed by atoms with van der Waals surface area (Å²) in [6.07, 6.45) is -6.02. The van der Waals surface area contributed by atoms with Gasteiger partial charge in [-0.3, -0.25) is 0 Å². The Bertz CT molecular complexity index is 566. The second-order valence-electron chi connectivity index (χ2n) is 6.02. The standard InChI is InChI=1S/C15H15F5O/c1-13(2,3)10-6-4-9-5-7-12(21-11(9)8-10)14(16,17)15(18,19)20/h4-8,12H,1-3H3. The lowest BCUT2D eigenvalue weighted by molar-refractivity contribution is -0.302. The molecule has 0 spiro atoms. The zero-order valence-electron chi connectivity index (χ0n) is 11.8. The Balaban J connectivity index is 2.36. The van der Waals surface area contributed by atoms with Gasteiger partial charge < -0.3 is 4.74 Å². The summed E-state index contributed by atoms with van der Waals surface area (Å²) in [7, 11) is 0. The van der Waals surface area contributed by atoms with Crippen LogP contribution in [0.1, 0.15) is 31.9 Å². The highest BCUT2D eigenvalue weighted by Crippen LogP contribution is 2.43. The van der Waals surface area contributed by atoms with Crippen molar-refractivity contribution in [1.29, 1.82) is 0 Å². The number of hydrogen-bond acceptors (Lipinski definition) is 1. The lowest BCUT2D eigenvalue weighted by Crippen LogP contribution is -2.49. The van der Waals surface area contributed by atoms with Gasteiger partial charge in [0.05, 0.1) is 0 Å². The van der Waals surface area contributed by atoms with Crippen LogP contribution < -0.4 is 4.74 Å². The Labute approximate surface area is 119 Å². The van der Waals surface area contributed by atoms with Gasteiger partial charge in [-0.2, -0.15) is 22.0 Å². The highest BCUT2D eigenvalue weighted by atomic mass is 19.4. The molecule has 1 unspecified atom stereocenters. The molecule has 2 rings (SSSR count). The van der Waals surface area contributed by atoms with Gasteiger partial charge in [-0.05, 0) is 23.1 Å². The van der Waals surface area contributed by atoms with Gasteiger partial charge in [-0.15, -0.1) is 0 Å². The van der Waals surface area contributed by atoms with E-state index in [1.54, 1.807) is 12.1 Å². The summed E-state index contributed by atoms with van der Waals surface area (Å²) < 4.78 is 68.8. The third-order valence-electron chi connectivity index (χ3n) is 3.32. The van der Waals surface area contributed by atoms with Crippen molar-refractivity contribution in [3.05, 3.63) is 35.4 Å². The molecule has 1 aromatic rings. The summed E-state index contributed by atoms with van der Waals surface area (Å²) >= 11 is 0. The van der Waals surface area contributed by atoms with Crippen LogP contribution in [-0.2, 0) is 5.41 Å². The van der Waals surface area contributed by atoms with Crippen molar-refractivity contribution in [1.82, 2.24) is 0 Å². The van der Waals surface area contributed by atoms with E-state index in [0.29, 0.717) is 5.56 Å². The molecule has 21 heavy (non-hydrogen) atoms. The second-order valence-corrected chi connectivity index (χ2v) is 6.02. The fourth-order valence-electron chi connectivity index (χ4n) is 1.96. The zero-order valence-corrected chi connectivity index (χ0v) is 11.8. The number of halogens is 5. The topological polar surface area (TPSA) is 9.23 Å². The molecule has 6 heteroatoms. The molecular formula is C15H15F5O. The quantitative estimate of drug-likeness (QED) is 0.667. The molecule has 1 aliphatic rings. The van der Waals surface area contributed by atoms with Gasteiger partial charge in [0.25, 0.3) is 0 Å². The number of rotatable bonds is 1. The van der Waals surface area contributed by atoms with Gasteiger partial charge in [0.2, 0.25) is 0 Å². The first kappa shape index (κ1) is 15.8. The Morgan fingerprint density at radius 2 is 1.62 bits per heavy atom. The lowest BCUT2D eigenvalue weighted by Gasteiger charge is -2.30. The molecular weight excluding hydrogens is 291 g/mol. The maximum absolute atomic E-state index is 13.3. The molecule has 0 aromatic heterocycles. The molecule has 0 bridgehead atoms. The molecule has 0 N–H and O–H groups in total. The second kappa shape index (κ2) is 4.71. The average molecular weight is 306 g/mol. The number of fused-ring (bicyclic) bond motifs is 1. The van der Waals surface area contributed by atoms with Gasteiger partial charge in [0.15, 0.2) is 6.10 Å². The van der Waals surface area contributed by atoms with E-state index in [0.717, 1.165) is 11.6 Å². The summed E-state index contributed by atoms with van der Waals surface area (Å²) in [5.41, 5.74) is 1.02. The minimum absolute atomic E-state index is 0.0406. The van der Waals surface area contributed by atoms with Crippen LogP contribution in [0.2, 0.25) is 0 Å². The predicted octanol–water partition coefficient (Wildman–Crippen LogP) is 4.96. The van der Waals surface area contributed by atoms with Crippen molar-refractivity contribution in [3.8, 4) is 5.75 Å². The first-order chi connectivity index (χ1) is 9.43. The summed E-state index contributed by atoms with van der Waals surface area (Å²) in [5.74, 6) is -4.89. The fourth-order valence-corrected chi connectivity index (χ4v) is 1.96. The summed E-state index contributed by atoms with van der Waals surface area (Å²) in [6, 6.07) is 4.96. The minimum Gasteiger partial charge on any atom is -0.479 e. The van der Waals surface area contributed by atoms with Crippen LogP contribution in [0.5, 0.6) is 5.75 Å². The molecule has 116 valence electrons. The zero-order chi connectivity index (χ0) is 16.1. The molecule has 0 saturated heterocycles. The van der Waals surface area contributed by atoms with Gasteiger partial charge in [0.1, 0.15) is 5.75 Å². The van der Waals surface area contributed by atoms with E-state index in [2.05, 4.69) is 0 Å². The molecule has 1 nitrogen and oxygen atoms in total. The average Bonchev–Trinajstić information content (AvgIpc) is 2.35. The molecule has 0 aliphatic carbocycles. The Morgan fingerprint density at radius 3 is 2.14 bits per heavy atom. The molecule has 0 fully saturated rings. The maximum Gasteiger partial charge on any atom is 0.457 e. The van der Waals surface area contributed by atoms with E-state index in [-0.39, 0.29) is 11.2 Å². The summed E-state index contributed by atoms with van der Waals surface area (Å²) in [6.45, 7) is 5.74. The molecule has 0 amide bonds. The minimum atomic E-state index is -5.65. The Hall–Kier alpha value is -1.59. The van der Waals surface area contributed by atoms with E-state index >= 15 is 0 Å². The van der Waals surface area contributed by atoms with Crippen LogP contribution in [0.25, 0.3) is 6.08 Å². The smallest absolute Gasteiger partial charge is 0.457 e. The monoisotopic (exact) mass is 306 g/mol.